The zero-order valence-corrected chi connectivity index (χ0v) is 16.9. The summed E-state index contributed by atoms with van der Waals surface area (Å²) in [6.45, 7) is 6.33. The molecule has 142 valence electrons. The molecule has 1 aliphatic rings. The van der Waals surface area contributed by atoms with Gasteiger partial charge in [0.15, 0.2) is 5.65 Å². The van der Waals surface area contributed by atoms with Crippen LogP contribution in [0.15, 0.2) is 48.5 Å². The van der Waals surface area contributed by atoms with E-state index < -0.39 is 0 Å². The SMILES string of the molecule is Cc1nc2c(nc(C3CC3)n2-c2ccc(-c3ccccc3C#N)cc2)c(C)c1C. The van der Waals surface area contributed by atoms with Crippen molar-refractivity contribution < 1.29 is 0 Å². The topological polar surface area (TPSA) is 54.5 Å². The van der Waals surface area contributed by atoms with E-state index in [0.717, 1.165) is 39.5 Å². The third kappa shape index (κ3) is 2.82. The molecule has 0 amide bonds. The average molecular weight is 378 g/mol. The van der Waals surface area contributed by atoms with E-state index in [4.69, 9.17) is 9.97 Å². The van der Waals surface area contributed by atoms with Crippen LogP contribution in [0, 0.1) is 32.1 Å². The van der Waals surface area contributed by atoms with Crippen molar-refractivity contribution in [2.24, 2.45) is 0 Å². The zero-order chi connectivity index (χ0) is 20.1. The lowest BCUT2D eigenvalue weighted by Gasteiger charge is -2.11. The molecule has 2 aromatic heterocycles. The van der Waals surface area contributed by atoms with Crippen molar-refractivity contribution in [3.05, 3.63) is 76.7 Å². The van der Waals surface area contributed by atoms with Gasteiger partial charge in [0.1, 0.15) is 11.3 Å². The molecule has 0 radical (unpaired) electrons. The van der Waals surface area contributed by atoms with Crippen LogP contribution in [0.2, 0.25) is 0 Å². The number of hydrogen-bond donors (Lipinski definition) is 0. The summed E-state index contributed by atoms with van der Waals surface area (Å²) in [5.74, 6) is 1.63. The van der Waals surface area contributed by atoms with Crippen LogP contribution in [0.1, 0.15) is 47.0 Å². The Morgan fingerprint density at radius 3 is 2.34 bits per heavy atom. The van der Waals surface area contributed by atoms with E-state index >= 15 is 0 Å². The summed E-state index contributed by atoms with van der Waals surface area (Å²) in [5, 5.41) is 9.41. The van der Waals surface area contributed by atoms with Gasteiger partial charge in [-0.05, 0) is 74.1 Å². The van der Waals surface area contributed by atoms with E-state index in [2.05, 4.69) is 55.7 Å². The van der Waals surface area contributed by atoms with Gasteiger partial charge in [-0.25, -0.2) is 9.97 Å². The molecule has 2 heterocycles. The number of nitriles is 1. The predicted octanol–water partition coefficient (Wildman–Crippen LogP) is 5.76. The van der Waals surface area contributed by atoms with E-state index in [1.165, 1.54) is 24.0 Å². The number of hydrogen-bond acceptors (Lipinski definition) is 3. The van der Waals surface area contributed by atoms with Crippen molar-refractivity contribution in [1.82, 2.24) is 14.5 Å². The maximum absolute atomic E-state index is 9.41. The minimum absolute atomic E-state index is 0.517. The Morgan fingerprint density at radius 1 is 0.931 bits per heavy atom. The molecular formula is C25H22N4. The average Bonchev–Trinajstić information content (AvgIpc) is 3.53. The highest BCUT2D eigenvalue weighted by Gasteiger charge is 2.31. The van der Waals surface area contributed by atoms with Gasteiger partial charge in [-0.15, -0.1) is 0 Å². The fourth-order valence-corrected chi connectivity index (χ4v) is 3.97. The Labute approximate surface area is 170 Å². The molecule has 0 spiro atoms. The number of rotatable bonds is 3. The number of aromatic nitrogens is 3. The summed E-state index contributed by atoms with van der Waals surface area (Å²) < 4.78 is 2.23. The minimum atomic E-state index is 0.517. The van der Waals surface area contributed by atoms with E-state index in [1.807, 2.05) is 24.3 Å². The van der Waals surface area contributed by atoms with Gasteiger partial charge in [0, 0.05) is 17.3 Å². The van der Waals surface area contributed by atoms with Gasteiger partial charge in [0.05, 0.1) is 11.6 Å². The van der Waals surface area contributed by atoms with Crippen LogP contribution in [-0.2, 0) is 0 Å². The third-order valence-corrected chi connectivity index (χ3v) is 6.04. The Hall–Kier alpha value is -3.45. The molecular weight excluding hydrogens is 356 g/mol. The van der Waals surface area contributed by atoms with Gasteiger partial charge in [-0.1, -0.05) is 30.3 Å². The molecule has 4 nitrogen and oxygen atoms in total. The van der Waals surface area contributed by atoms with Crippen molar-refractivity contribution in [3.8, 4) is 22.9 Å². The van der Waals surface area contributed by atoms with Crippen LogP contribution >= 0.6 is 0 Å². The number of pyridine rings is 1. The standard InChI is InChI=1S/C25H22N4/c1-15-16(2)23-25(27-17(15)3)29(24(28-23)19-8-9-19)21-12-10-18(11-13-21)22-7-5-4-6-20(22)14-26/h4-7,10-13,19H,8-9H2,1-3H3. The van der Waals surface area contributed by atoms with Gasteiger partial charge >= 0.3 is 0 Å². The summed E-state index contributed by atoms with van der Waals surface area (Å²) in [6.07, 6.45) is 2.38. The summed E-state index contributed by atoms with van der Waals surface area (Å²) in [5.41, 5.74) is 9.20. The number of aryl methyl sites for hydroxylation is 2. The van der Waals surface area contributed by atoms with Gasteiger partial charge in [-0.3, -0.25) is 4.57 Å². The summed E-state index contributed by atoms with van der Waals surface area (Å²) in [7, 11) is 0. The summed E-state index contributed by atoms with van der Waals surface area (Å²) >= 11 is 0. The fraction of sp³-hybridized carbons (Fsp3) is 0.240. The Bertz CT molecular complexity index is 1290. The fourth-order valence-electron chi connectivity index (χ4n) is 3.97. The molecule has 0 unspecified atom stereocenters. The van der Waals surface area contributed by atoms with Crippen molar-refractivity contribution >= 4 is 11.2 Å². The van der Waals surface area contributed by atoms with Crippen molar-refractivity contribution in [3.63, 3.8) is 0 Å². The molecule has 4 aromatic rings. The zero-order valence-electron chi connectivity index (χ0n) is 16.9. The van der Waals surface area contributed by atoms with Crippen molar-refractivity contribution in [2.75, 3.05) is 0 Å². The molecule has 0 N–H and O–H groups in total. The largest absolute Gasteiger partial charge is 0.280 e. The maximum atomic E-state index is 9.41. The predicted molar refractivity (Wildman–Crippen MR) is 115 cm³/mol. The summed E-state index contributed by atoms with van der Waals surface area (Å²) in [4.78, 5) is 9.93. The monoisotopic (exact) mass is 378 g/mol. The van der Waals surface area contributed by atoms with E-state index in [1.54, 1.807) is 0 Å². The van der Waals surface area contributed by atoms with Gasteiger partial charge in [-0.2, -0.15) is 5.26 Å². The van der Waals surface area contributed by atoms with Gasteiger partial charge in [0.2, 0.25) is 0 Å². The van der Waals surface area contributed by atoms with Crippen LogP contribution in [0.5, 0.6) is 0 Å². The van der Waals surface area contributed by atoms with E-state index in [9.17, 15) is 5.26 Å². The van der Waals surface area contributed by atoms with E-state index in [0.29, 0.717) is 11.5 Å². The number of imidazole rings is 1. The first-order chi connectivity index (χ1) is 14.1. The molecule has 1 aliphatic carbocycles. The Balaban J connectivity index is 1.68. The van der Waals surface area contributed by atoms with Crippen molar-refractivity contribution in [1.29, 1.82) is 5.26 Å². The summed E-state index contributed by atoms with van der Waals surface area (Å²) in [6, 6.07) is 18.4. The molecule has 29 heavy (non-hydrogen) atoms. The number of nitrogens with zero attached hydrogens (tertiary/aromatic N) is 4. The van der Waals surface area contributed by atoms with Crippen LogP contribution in [0.3, 0.4) is 0 Å². The molecule has 1 fully saturated rings. The van der Waals surface area contributed by atoms with Crippen LogP contribution in [-0.4, -0.2) is 14.5 Å². The van der Waals surface area contributed by atoms with Gasteiger partial charge in [0.25, 0.3) is 0 Å². The molecule has 5 rings (SSSR count). The third-order valence-electron chi connectivity index (χ3n) is 6.04. The smallest absolute Gasteiger partial charge is 0.165 e. The molecule has 0 atom stereocenters. The second-order valence-electron chi connectivity index (χ2n) is 7.90. The first-order valence-corrected chi connectivity index (χ1v) is 10.0. The molecule has 4 heteroatoms. The first kappa shape index (κ1) is 17.6. The number of fused-ring (bicyclic) bond motifs is 1. The Morgan fingerprint density at radius 2 is 1.66 bits per heavy atom. The molecule has 2 aromatic carbocycles. The maximum Gasteiger partial charge on any atom is 0.165 e. The van der Waals surface area contributed by atoms with E-state index in [-0.39, 0.29) is 0 Å². The van der Waals surface area contributed by atoms with Crippen LogP contribution in [0.25, 0.3) is 28.0 Å². The molecule has 0 bridgehead atoms. The van der Waals surface area contributed by atoms with Crippen molar-refractivity contribution in [2.45, 2.75) is 39.5 Å². The highest BCUT2D eigenvalue weighted by molar-refractivity contribution is 5.80. The lowest BCUT2D eigenvalue weighted by Crippen LogP contribution is -2.02. The first-order valence-electron chi connectivity index (χ1n) is 10.0. The highest BCUT2D eigenvalue weighted by atomic mass is 15.1. The number of benzene rings is 2. The van der Waals surface area contributed by atoms with Crippen LogP contribution in [0.4, 0.5) is 0 Å². The molecule has 1 saturated carbocycles. The highest BCUT2D eigenvalue weighted by Crippen LogP contribution is 2.42. The second-order valence-corrected chi connectivity index (χ2v) is 7.90. The lowest BCUT2D eigenvalue weighted by molar-refractivity contribution is 0.889. The second kappa shape index (κ2) is 6.56. The van der Waals surface area contributed by atoms with Crippen LogP contribution < -0.4 is 0 Å². The van der Waals surface area contributed by atoms with Gasteiger partial charge < -0.3 is 0 Å². The normalized spacial score (nSPS) is 13.6. The minimum Gasteiger partial charge on any atom is -0.280 e. The quantitative estimate of drug-likeness (QED) is 0.455. The molecule has 0 saturated heterocycles. The Kier molecular flexibility index (Phi) is 3.99. The molecule has 0 aliphatic heterocycles. The lowest BCUT2D eigenvalue weighted by atomic mass is 10.0.